The van der Waals surface area contributed by atoms with E-state index in [1.807, 2.05) is 19.1 Å². The summed E-state index contributed by atoms with van der Waals surface area (Å²) in [6, 6.07) is 8.28. The molecule has 106 valence electrons. The lowest BCUT2D eigenvalue weighted by atomic mass is 9.87. The molecule has 0 atom stereocenters. The highest BCUT2D eigenvalue weighted by atomic mass is 32.2. The van der Waals surface area contributed by atoms with Gasteiger partial charge in [-0.3, -0.25) is 0 Å². The molecule has 0 aliphatic carbocycles. The molecule has 1 aromatic heterocycles. The maximum Gasteiger partial charge on any atom is 0.277 e. The number of thioether (sulfide) groups is 1. The summed E-state index contributed by atoms with van der Waals surface area (Å²) < 4.78 is 5.65. The molecule has 0 bridgehead atoms. The molecule has 0 spiro atoms. The molecule has 2 aromatic rings. The Bertz CT molecular complexity index is 594. The maximum atomic E-state index is 5.65. The summed E-state index contributed by atoms with van der Waals surface area (Å²) in [4.78, 5) is 0. The minimum absolute atomic E-state index is 0.149. The highest BCUT2D eigenvalue weighted by Gasteiger charge is 2.14. The van der Waals surface area contributed by atoms with Gasteiger partial charge in [-0.1, -0.05) is 56.8 Å². The Morgan fingerprint density at radius 2 is 1.85 bits per heavy atom. The van der Waals surface area contributed by atoms with Gasteiger partial charge in [0.05, 0.1) is 0 Å². The van der Waals surface area contributed by atoms with Crippen molar-refractivity contribution in [3.8, 4) is 11.5 Å². The van der Waals surface area contributed by atoms with Crippen LogP contribution < -0.4 is 0 Å². The molecule has 4 heteroatoms. The molecule has 0 unspecified atom stereocenters. The molecule has 0 radical (unpaired) electrons. The highest BCUT2D eigenvalue weighted by molar-refractivity contribution is 7.99. The molecule has 3 nitrogen and oxygen atoms in total. The molecule has 0 aliphatic rings. The van der Waals surface area contributed by atoms with Gasteiger partial charge in [0, 0.05) is 11.3 Å². The van der Waals surface area contributed by atoms with Gasteiger partial charge in [0.15, 0.2) is 0 Å². The van der Waals surface area contributed by atoms with Crippen LogP contribution in [0.15, 0.2) is 46.1 Å². The van der Waals surface area contributed by atoms with Crippen molar-refractivity contribution in [3.05, 3.63) is 42.0 Å². The van der Waals surface area contributed by atoms with Gasteiger partial charge in [0.1, 0.15) is 0 Å². The molecule has 0 saturated carbocycles. The average molecular weight is 288 g/mol. The molecule has 2 rings (SSSR count). The second-order valence-corrected chi connectivity index (χ2v) is 6.87. The number of nitrogens with zero attached hydrogens (tertiary/aromatic N) is 2. The molecule has 0 fully saturated rings. The second-order valence-electron chi connectivity index (χ2n) is 5.95. The summed E-state index contributed by atoms with van der Waals surface area (Å²) in [5.74, 6) is 1.36. The number of aromatic nitrogens is 2. The first-order valence-electron chi connectivity index (χ1n) is 6.58. The van der Waals surface area contributed by atoms with Crippen molar-refractivity contribution in [3.63, 3.8) is 0 Å². The summed E-state index contributed by atoms with van der Waals surface area (Å²) >= 11 is 1.51. The van der Waals surface area contributed by atoms with Crippen LogP contribution >= 0.6 is 11.8 Å². The highest BCUT2D eigenvalue weighted by Crippen LogP contribution is 2.27. The minimum Gasteiger partial charge on any atom is -0.411 e. The van der Waals surface area contributed by atoms with Crippen LogP contribution in [0.5, 0.6) is 0 Å². The van der Waals surface area contributed by atoms with E-state index in [0.717, 1.165) is 16.9 Å². The van der Waals surface area contributed by atoms with Crippen LogP contribution in [0.1, 0.15) is 33.3 Å². The van der Waals surface area contributed by atoms with E-state index in [-0.39, 0.29) is 5.41 Å². The maximum absolute atomic E-state index is 5.65. The predicted octanol–water partition coefficient (Wildman–Crippen LogP) is 4.70. The molecular weight excluding hydrogens is 268 g/mol. The monoisotopic (exact) mass is 288 g/mol. The summed E-state index contributed by atoms with van der Waals surface area (Å²) in [5.41, 5.74) is 3.48. The van der Waals surface area contributed by atoms with Gasteiger partial charge in [0.25, 0.3) is 5.22 Å². The van der Waals surface area contributed by atoms with Gasteiger partial charge >= 0.3 is 0 Å². The van der Waals surface area contributed by atoms with Gasteiger partial charge < -0.3 is 4.42 Å². The van der Waals surface area contributed by atoms with E-state index in [0.29, 0.717) is 11.1 Å². The van der Waals surface area contributed by atoms with Crippen molar-refractivity contribution in [1.82, 2.24) is 10.2 Å². The fourth-order valence-corrected chi connectivity index (χ4v) is 2.29. The average Bonchev–Trinajstić information content (AvgIpc) is 2.84. The van der Waals surface area contributed by atoms with Crippen molar-refractivity contribution in [2.45, 2.75) is 38.3 Å². The van der Waals surface area contributed by atoms with Gasteiger partial charge in [-0.2, -0.15) is 0 Å². The molecule has 0 N–H and O–H groups in total. The number of hydrogen-bond donors (Lipinski definition) is 0. The smallest absolute Gasteiger partial charge is 0.277 e. The van der Waals surface area contributed by atoms with E-state index >= 15 is 0 Å². The topological polar surface area (TPSA) is 38.9 Å². The lowest BCUT2D eigenvalue weighted by Crippen LogP contribution is -2.10. The van der Waals surface area contributed by atoms with Crippen LogP contribution in [0, 0.1) is 0 Å². The Balaban J connectivity index is 2.14. The van der Waals surface area contributed by atoms with Crippen molar-refractivity contribution >= 4 is 11.8 Å². The quantitative estimate of drug-likeness (QED) is 0.603. The third-order valence-electron chi connectivity index (χ3n) is 2.85. The van der Waals surface area contributed by atoms with Gasteiger partial charge in [-0.15, -0.1) is 10.2 Å². The SMILES string of the molecule is C=C(C)CSc1nnc(-c2ccc(C(C)(C)C)cc2)o1. The first-order chi connectivity index (χ1) is 9.36. The zero-order valence-corrected chi connectivity index (χ0v) is 13.3. The first-order valence-corrected chi connectivity index (χ1v) is 7.56. The second kappa shape index (κ2) is 5.83. The molecular formula is C16H20N2OS. The summed E-state index contributed by atoms with van der Waals surface area (Å²) in [6.45, 7) is 12.4. The number of hydrogen-bond acceptors (Lipinski definition) is 4. The van der Waals surface area contributed by atoms with Crippen LogP contribution in [-0.4, -0.2) is 16.0 Å². The third kappa shape index (κ3) is 3.73. The van der Waals surface area contributed by atoms with Crippen molar-refractivity contribution < 1.29 is 4.42 Å². The fourth-order valence-electron chi connectivity index (χ4n) is 1.68. The summed E-state index contributed by atoms with van der Waals surface area (Å²) in [5, 5.41) is 8.72. The number of benzene rings is 1. The molecule has 0 saturated heterocycles. The van der Waals surface area contributed by atoms with Crippen LogP contribution in [0.2, 0.25) is 0 Å². The lowest BCUT2D eigenvalue weighted by Gasteiger charge is -2.18. The standard InChI is InChI=1S/C16H20N2OS/c1-11(2)10-20-15-18-17-14(19-15)12-6-8-13(9-7-12)16(3,4)5/h6-9H,1,10H2,2-5H3. The third-order valence-corrected chi connectivity index (χ3v) is 3.90. The van der Waals surface area contributed by atoms with Crippen molar-refractivity contribution in [2.24, 2.45) is 0 Å². The van der Waals surface area contributed by atoms with Gasteiger partial charge in [-0.25, -0.2) is 0 Å². The predicted molar refractivity (Wildman–Crippen MR) is 84.0 cm³/mol. The van der Waals surface area contributed by atoms with E-state index in [1.54, 1.807) is 0 Å². The molecule has 0 amide bonds. The first kappa shape index (κ1) is 14.9. The van der Waals surface area contributed by atoms with E-state index in [9.17, 15) is 0 Å². The Kier molecular flexibility index (Phi) is 4.33. The Labute approximate surface area is 124 Å². The van der Waals surface area contributed by atoms with Crippen molar-refractivity contribution in [2.75, 3.05) is 5.75 Å². The largest absolute Gasteiger partial charge is 0.411 e. The van der Waals surface area contributed by atoms with Crippen LogP contribution in [0.3, 0.4) is 0 Å². The summed E-state index contributed by atoms with van der Waals surface area (Å²) in [6.07, 6.45) is 0. The van der Waals surface area contributed by atoms with Crippen LogP contribution in [0.4, 0.5) is 0 Å². The van der Waals surface area contributed by atoms with Gasteiger partial charge in [-0.05, 0) is 30.0 Å². The molecule has 1 aromatic carbocycles. The van der Waals surface area contributed by atoms with Crippen LogP contribution in [-0.2, 0) is 5.41 Å². The normalized spacial score (nSPS) is 11.6. The Hall–Kier alpha value is -1.55. The fraction of sp³-hybridized carbons (Fsp3) is 0.375. The molecule has 20 heavy (non-hydrogen) atoms. The van der Waals surface area contributed by atoms with E-state index in [2.05, 4.69) is 49.7 Å². The Morgan fingerprint density at radius 1 is 1.20 bits per heavy atom. The van der Waals surface area contributed by atoms with Crippen molar-refractivity contribution in [1.29, 1.82) is 0 Å². The molecule has 0 aliphatic heterocycles. The molecule has 1 heterocycles. The Morgan fingerprint density at radius 3 is 2.40 bits per heavy atom. The number of rotatable bonds is 4. The van der Waals surface area contributed by atoms with E-state index in [4.69, 9.17) is 4.42 Å². The van der Waals surface area contributed by atoms with Crippen LogP contribution in [0.25, 0.3) is 11.5 Å². The lowest BCUT2D eigenvalue weighted by molar-refractivity contribution is 0.466. The van der Waals surface area contributed by atoms with Gasteiger partial charge in [0.2, 0.25) is 5.89 Å². The van der Waals surface area contributed by atoms with E-state index < -0.39 is 0 Å². The summed E-state index contributed by atoms with van der Waals surface area (Å²) in [7, 11) is 0. The zero-order chi connectivity index (χ0) is 14.8. The minimum atomic E-state index is 0.149. The van der Waals surface area contributed by atoms with E-state index in [1.165, 1.54) is 17.3 Å². The zero-order valence-electron chi connectivity index (χ0n) is 12.4.